The van der Waals surface area contributed by atoms with Gasteiger partial charge >= 0.3 is 0 Å². The number of rotatable bonds is 3. The molecule has 0 unspecified atom stereocenters. The Bertz CT molecular complexity index is 488. The van der Waals surface area contributed by atoms with E-state index in [-0.39, 0.29) is 12.0 Å². The number of carbonyl (C=O) groups is 1. The molecule has 1 saturated heterocycles. The number of hydrogen-bond acceptors (Lipinski definition) is 2. The number of likely N-dealkylation sites (tertiary alicyclic amines) is 1. The normalized spacial score (nSPS) is 16.9. The fraction of sp³-hybridized carbons (Fsp3) is 0.400. The topological polar surface area (TPSA) is 29.5 Å². The summed E-state index contributed by atoms with van der Waals surface area (Å²) >= 11 is 12.1. The lowest BCUT2D eigenvalue weighted by Gasteiger charge is -2.30. The van der Waals surface area contributed by atoms with E-state index in [9.17, 15) is 4.79 Å². The van der Waals surface area contributed by atoms with Gasteiger partial charge < -0.3 is 9.64 Å². The van der Waals surface area contributed by atoms with E-state index in [0.29, 0.717) is 15.6 Å². The molecule has 1 heterocycles. The van der Waals surface area contributed by atoms with Crippen molar-refractivity contribution in [3.05, 3.63) is 39.9 Å². The van der Waals surface area contributed by atoms with Gasteiger partial charge in [0.05, 0.1) is 6.10 Å². The van der Waals surface area contributed by atoms with Gasteiger partial charge in [-0.05, 0) is 31.1 Å². The van der Waals surface area contributed by atoms with Crippen LogP contribution in [0.1, 0.15) is 18.4 Å². The summed E-state index contributed by atoms with van der Waals surface area (Å²) in [4.78, 5) is 13.9. The smallest absolute Gasteiger partial charge is 0.246 e. The van der Waals surface area contributed by atoms with Crippen LogP contribution in [0.5, 0.6) is 0 Å². The molecule has 0 aromatic heterocycles. The molecule has 0 aliphatic carbocycles. The van der Waals surface area contributed by atoms with Crippen LogP contribution in [0.4, 0.5) is 0 Å². The highest BCUT2D eigenvalue weighted by molar-refractivity contribution is 6.37. The van der Waals surface area contributed by atoms with Gasteiger partial charge in [-0.1, -0.05) is 29.3 Å². The first kappa shape index (κ1) is 15.4. The van der Waals surface area contributed by atoms with Gasteiger partial charge in [0.25, 0.3) is 0 Å². The largest absolute Gasteiger partial charge is 0.381 e. The maximum absolute atomic E-state index is 12.1. The standard InChI is InChI=1S/C15H17Cl2NO2/c1-20-11-7-9-18(10-8-11)15(19)6-5-12-13(16)3-2-4-14(12)17/h2-6,11H,7-10H2,1H3/b6-5+. The summed E-state index contributed by atoms with van der Waals surface area (Å²) in [6.07, 6.45) is 5.22. The SMILES string of the molecule is COC1CCN(C(=O)/C=C/c2c(Cl)cccc2Cl)CC1. The number of methoxy groups -OCH3 is 1. The second-order valence-corrected chi connectivity index (χ2v) is 5.54. The van der Waals surface area contributed by atoms with Crippen LogP contribution in [0.2, 0.25) is 10.0 Å². The summed E-state index contributed by atoms with van der Waals surface area (Å²) in [6.45, 7) is 1.44. The Balaban J connectivity index is 2.00. The van der Waals surface area contributed by atoms with Crippen molar-refractivity contribution >= 4 is 35.2 Å². The number of hydrogen-bond donors (Lipinski definition) is 0. The van der Waals surface area contributed by atoms with Crippen LogP contribution in [0.25, 0.3) is 6.08 Å². The monoisotopic (exact) mass is 313 g/mol. The molecule has 0 radical (unpaired) electrons. The van der Waals surface area contributed by atoms with Gasteiger partial charge in [0.2, 0.25) is 5.91 Å². The van der Waals surface area contributed by atoms with Crippen LogP contribution >= 0.6 is 23.2 Å². The van der Waals surface area contributed by atoms with Crippen LogP contribution in [-0.2, 0) is 9.53 Å². The number of carbonyl (C=O) groups excluding carboxylic acids is 1. The molecule has 1 aliphatic rings. The van der Waals surface area contributed by atoms with Crippen LogP contribution < -0.4 is 0 Å². The summed E-state index contributed by atoms with van der Waals surface area (Å²) in [7, 11) is 1.71. The van der Waals surface area contributed by atoms with Gasteiger partial charge in [0.1, 0.15) is 0 Å². The van der Waals surface area contributed by atoms with Gasteiger partial charge in [-0.3, -0.25) is 4.79 Å². The molecule has 1 amide bonds. The third kappa shape index (κ3) is 3.75. The molecule has 0 saturated carbocycles. The van der Waals surface area contributed by atoms with E-state index in [0.717, 1.165) is 25.9 Å². The first-order chi connectivity index (χ1) is 9.61. The third-order valence-electron chi connectivity index (χ3n) is 3.48. The highest BCUT2D eigenvalue weighted by atomic mass is 35.5. The summed E-state index contributed by atoms with van der Waals surface area (Å²) in [6, 6.07) is 5.28. The quantitative estimate of drug-likeness (QED) is 0.797. The van der Waals surface area contributed by atoms with E-state index in [2.05, 4.69) is 0 Å². The molecule has 0 spiro atoms. The lowest BCUT2D eigenvalue weighted by atomic mass is 10.1. The molecular formula is C15H17Cl2NO2. The van der Waals surface area contributed by atoms with E-state index in [1.807, 2.05) is 4.90 Å². The van der Waals surface area contributed by atoms with Crippen molar-refractivity contribution in [2.45, 2.75) is 18.9 Å². The molecule has 108 valence electrons. The maximum atomic E-state index is 12.1. The van der Waals surface area contributed by atoms with Crippen molar-refractivity contribution in [3.8, 4) is 0 Å². The average molecular weight is 314 g/mol. The molecule has 1 fully saturated rings. The van der Waals surface area contributed by atoms with Gasteiger partial charge in [0, 0.05) is 41.9 Å². The lowest BCUT2D eigenvalue weighted by molar-refractivity contribution is -0.128. The second kappa shape index (κ2) is 7.11. The summed E-state index contributed by atoms with van der Waals surface area (Å²) < 4.78 is 5.29. The molecule has 0 atom stereocenters. The highest BCUT2D eigenvalue weighted by Crippen LogP contribution is 2.25. The summed E-state index contributed by atoms with van der Waals surface area (Å²) in [5.74, 6) is -0.0180. The van der Waals surface area contributed by atoms with Crippen LogP contribution in [0.15, 0.2) is 24.3 Å². The highest BCUT2D eigenvalue weighted by Gasteiger charge is 2.20. The fourth-order valence-corrected chi connectivity index (χ4v) is 2.77. The first-order valence-corrected chi connectivity index (χ1v) is 7.31. The zero-order valence-electron chi connectivity index (χ0n) is 11.3. The minimum absolute atomic E-state index is 0.0180. The van der Waals surface area contributed by atoms with Crippen molar-refractivity contribution in [2.24, 2.45) is 0 Å². The molecule has 5 heteroatoms. The van der Waals surface area contributed by atoms with Gasteiger partial charge in [-0.2, -0.15) is 0 Å². The molecule has 1 aromatic carbocycles. The number of piperidine rings is 1. The fourth-order valence-electron chi connectivity index (χ4n) is 2.24. The predicted octanol–water partition coefficient (Wildman–Crippen LogP) is 3.64. The van der Waals surface area contributed by atoms with Gasteiger partial charge in [0.15, 0.2) is 0 Å². The van der Waals surface area contributed by atoms with Crippen LogP contribution in [-0.4, -0.2) is 37.1 Å². The summed E-state index contributed by atoms with van der Waals surface area (Å²) in [5.41, 5.74) is 0.677. The number of halogens is 2. The Kier molecular flexibility index (Phi) is 5.46. The second-order valence-electron chi connectivity index (χ2n) is 4.73. The maximum Gasteiger partial charge on any atom is 0.246 e. The zero-order chi connectivity index (χ0) is 14.5. The van der Waals surface area contributed by atoms with Crippen LogP contribution in [0.3, 0.4) is 0 Å². The molecule has 0 N–H and O–H groups in total. The van der Waals surface area contributed by atoms with Gasteiger partial charge in [-0.25, -0.2) is 0 Å². The van der Waals surface area contributed by atoms with Crippen LogP contribution in [0, 0.1) is 0 Å². The van der Waals surface area contributed by atoms with E-state index < -0.39 is 0 Å². The van der Waals surface area contributed by atoms with E-state index in [4.69, 9.17) is 27.9 Å². The number of ether oxygens (including phenoxy) is 1. The Morgan fingerprint density at radius 1 is 1.30 bits per heavy atom. The van der Waals surface area contributed by atoms with Crippen molar-refractivity contribution in [1.82, 2.24) is 4.90 Å². The van der Waals surface area contributed by atoms with E-state index in [1.54, 1.807) is 31.4 Å². The Morgan fingerprint density at radius 3 is 2.45 bits per heavy atom. The molecule has 20 heavy (non-hydrogen) atoms. The Labute approximate surface area is 129 Å². The first-order valence-electron chi connectivity index (χ1n) is 6.55. The minimum Gasteiger partial charge on any atom is -0.381 e. The Hall–Kier alpha value is -1.03. The molecule has 2 rings (SSSR count). The number of nitrogens with zero attached hydrogens (tertiary/aromatic N) is 1. The van der Waals surface area contributed by atoms with Crippen molar-refractivity contribution in [3.63, 3.8) is 0 Å². The molecule has 1 aliphatic heterocycles. The molecule has 1 aromatic rings. The zero-order valence-corrected chi connectivity index (χ0v) is 12.8. The Morgan fingerprint density at radius 2 is 1.90 bits per heavy atom. The van der Waals surface area contributed by atoms with E-state index >= 15 is 0 Å². The predicted molar refractivity (Wildman–Crippen MR) is 82.1 cm³/mol. The third-order valence-corrected chi connectivity index (χ3v) is 4.14. The van der Waals surface area contributed by atoms with Gasteiger partial charge in [-0.15, -0.1) is 0 Å². The van der Waals surface area contributed by atoms with E-state index in [1.165, 1.54) is 6.08 Å². The number of benzene rings is 1. The van der Waals surface area contributed by atoms with Crippen molar-refractivity contribution in [1.29, 1.82) is 0 Å². The summed E-state index contributed by atoms with van der Waals surface area (Å²) in [5, 5.41) is 1.08. The lowest BCUT2D eigenvalue weighted by Crippen LogP contribution is -2.39. The molecule has 3 nitrogen and oxygen atoms in total. The molecule has 0 bridgehead atoms. The average Bonchev–Trinajstić information content (AvgIpc) is 2.46. The minimum atomic E-state index is -0.0180. The van der Waals surface area contributed by atoms with Crippen molar-refractivity contribution < 1.29 is 9.53 Å². The van der Waals surface area contributed by atoms with Crippen molar-refractivity contribution in [2.75, 3.05) is 20.2 Å². The number of amides is 1. The molecular weight excluding hydrogens is 297 g/mol.